The summed E-state index contributed by atoms with van der Waals surface area (Å²) in [5.74, 6) is 1.07. The largest absolute Gasteiger partial charge is 0.489 e. The predicted octanol–water partition coefficient (Wildman–Crippen LogP) is 6.33. The summed E-state index contributed by atoms with van der Waals surface area (Å²) in [7, 11) is 0. The molecule has 6 heteroatoms. The summed E-state index contributed by atoms with van der Waals surface area (Å²) in [6, 6.07) is 24.1. The van der Waals surface area contributed by atoms with Crippen LogP contribution in [0.15, 0.2) is 98.8 Å². The van der Waals surface area contributed by atoms with Crippen molar-refractivity contribution in [2.45, 2.75) is 33.0 Å². The van der Waals surface area contributed by atoms with Crippen molar-refractivity contribution in [2.75, 3.05) is 0 Å². The summed E-state index contributed by atoms with van der Waals surface area (Å²) in [6.45, 7) is 4.57. The van der Waals surface area contributed by atoms with Gasteiger partial charge in [-0.15, -0.1) is 0 Å². The van der Waals surface area contributed by atoms with Crippen LogP contribution in [0.2, 0.25) is 0 Å². The zero-order valence-electron chi connectivity index (χ0n) is 20.6. The van der Waals surface area contributed by atoms with E-state index >= 15 is 0 Å². The third-order valence-corrected chi connectivity index (χ3v) is 6.93. The van der Waals surface area contributed by atoms with E-state index in [1.807, 2.05) is 86.6 Å². The lowest BCUT2D eigenvalue weighted by Crippen LogP contribution is -2.29. The van der Waals surface area contributed by atoms with E-state index in [0.29, 0.717) is 34.6 Å². The molecule has 6 nitrogen and oxygen atoms in total. The van der Waals surface area contributed by atoms with Gasteiger partial charge in [-0.1, -0.05) is 42.5 Å². The molecule has 3 heterocycles. The molecule has 1 aliphatic heterocycles. The number of carbonyl (C=O) groups is 1. The summed E-state index contributed by atoms with van der Waals surface area (Å²) >= 11 is 0. The van der Waals surface area contributed by atoms with Crippen molar-refractivity contribution in [3.05, 3.63) is 135 Å². The first kappa shape index (κ1) is 22.9. The molecule has 6 rings (SSSR count). The topological polar surface area (TPSA) is 72.9 Å². The van der Waals surface area contributed by atoms with Crippen molar-refractivity contribution in [1.82, 2.24) is 4.90 Å². The number of ether oxygens (including phenoxy) is 1. The molecule has 0 N–H and O–H groups in total. The van der Waals surface area contributed by atoms with Gasteiger partial charge in [0.25, 0.3) is 5.91 Å². The Morgan fingerprint density at radius 2 is 1.65 bits per heavy atom. The normalized spacial score (nSPS) is 14.8. The second-order valence-corrected chi connectivity index (χ2v) is 9.36. The number of fused-ring (bicyclic) bond motifs is 2. The second kappa shape index (κ2) is 9.13. The van der Waals surface area contributed by atoms with Gasteiger partial charge in [0.1, 0.15) is 23.7 Å². The Balaban J connectivity index is 1.41. The lowest BCUT2D eigenvalue weighted by molar-refractivity contribution is 0.0701. The van der Waals surface area contributed by atoms with Gasteiger partial charge >= 0.3 is 0 Å². The lowest BCUT2D eigenvalue weighted by Gasteiger charge is -2.24. The van der Waals surface area contributed by atoms with E-state index in [0.717, 1.165) is 22.3 Å². The first-order chi connectivity index (χ1) is 18.0. The van der Waals surface area contributed by atoms with Crippen LogP contribution in [0.1, 0.15) is 50.2 Å². The van der Waals surface area contributed by atoms with E-state index in [2.05, 4.69) is 0 Å². The molecule has 5 aromatic rings. The van der Waals surface area contributed by atoms with E-state index < -0.39 is 6.04 Å². The van der Waals surface area contributed by atoms with Gasteiger partial charge in [0.05, 0.1) is 29.8 Å². The number of carbonyl (C=O) groups excluding carboxylic acids is 1. The van der Waals surface area contributed by atoms with Gasteiger partial charge in [0.2, 0.25) is 5.76 Å². The van der Waals surface area contributed by atoms with Crippen LogP contribution in [0.3, 0.4) is 0 Å². The molecule has 2 aromatic heterocycles. The highest BCUT2D eigenvalue weighted by atomic mass is 16.5. The third kappa shape index (κ3) is 4.10. The van der Waals surface area contributed by atoms with Gasteiger partial charge in [0.15, 0.2) is 5.43 Å². The Bertz CT molecular complexity index is 1650. The molecular weight excluding hydrogens is 466 g/mol. The van der Waals surface area contributed by atoms with Gasteiger partial charge in [0, 0.05) is 0 Å². The van der Waals surface area contributed by atoms with Crippen molar-refractivity contribution >= 4 is 16.9 Å². The van der Waals surface area contributed by atoms with Crippen molar-refractivity contribution in [3.8, 4) is 5.75 Å². The van der Waals surface area contributed by atoms with Gasteiger partial charge in [-0.05, 0) is 72.5 Å². The molecule has 1 atom stereocenters. The number of rotatable bonds is 6. The third-order valence-electron chi connectivity index (χ3n) is 6.93. The van der Waals surface area contributed by atoms with E-state index in [1.165, 1.54) is 0 Å². The molecule has 1 amide bonds. The second-order valence-electron chi connectivity index (χ2n) is 9.36. The zero-order chi connectivity index (χ0) is 25.5. The van der Waals surface area contributed by atoms with Crippen LogP contribution < -0.4 is 10.2 Å². The quantitative estimate of drug-likeness (QED) is 0.278. The van der Waals surface area contributed by atoms with E-state index in [-0.39, 0.29) is 23.6 Å². The minimum atomic E-state index is -0.613. The highest BCUT2D eigenvalue weighted by molar-refractivity contribution is 5.99. The molecule has 184 valence electrons. The highest BCUT2D eigenvalue weighted by Crippen LogP contribution is 2.40. The maximum atomic E-state index is 13.8. The Kier molecular flexibility index (Phi) is 5.64. The van der Waals surface area contributed by atoms with Crippen LogP contribution in [0, 0.1) is 13.8 Å². The molecule has 0 saturated carbocycles. The highest BCUT2D eigenvalue weighted by Gasteiger charge is 2.43. The molecule has 0 saturated heterocycles. The van der Waals surface area contributed by atoms with Gasteiger partial charge in [-0.25, -0.2) is 0 Å². The molecule has 0 aliphatic carbocycles. The summed E-state index contributed by atoms with van der Waals surface area (Å²) in [5, 5.41) is 0.474. The number of benzene rings is 3. The van der Waals surface area contributed by atoms with Crippen molar-refractivity contribution in [3.63, 3.8) is 0 Å². The molecular formula is C31H25NO5. The van der Waals surface area contributed by atoms with Crippen LogP contribution in [0.25, 0.3) is 11.0 Å². The fourth-order valence-corrected chi connectivity index (χ4v) is 4.84. The van der Waals surface area contributed by atoms with Crippen LogP contribution in [-0.4, -0.2) is 10.8 Å². The minimum Gasteiger partial charge on any atom is -0.489 e. The summed E-state index contributed by atoms with van der Waals surface area (Å²) in [5.41, 5.74) is 4.43. The first-order valence-corrected chi connectivity index (χ1v) is 12.2. The number of nitrogens with zero attached hydrogens (tertiary/aromatic N) is 1. The maximum Gasteiger partial charge on any atom is 0.291 e. The Hall–Kier alpha value is -4.58. The van der Waals surface area contributed by atoms with Crippen LogP contribution in [0.4, 0.5) is 0 Å². The Labute approximate surface area is 213 Å². The average molecular weight is 492 g/mol. The monoisotopic (exact) mass is 491 g/mol. The smallest absolute Gasteiger partial charge is 0.291 e. The van der Waals surface area contributed by atoms with Crippen LogP contribution in [-0.2, 0) is 13.2 Å². The van der Waals surface area contributed by atoms with Crippen LogP contribution >= 0.6 is 0 Å². The van der Waals surface area contributed by atoms with E-state index in [4.69, 9.17) is 13.6 Å². The number of amides is 1. The van der Waals surface area contributed by atoms with Crippen LogP contribution in [0.5, 0.6) is 5.75 Å². The summed E-state index contributed by atoms with van der Waals surface area (Å²) < 4.78 is 17.6. The fourth-order valence-electron chi connectivity index (χ4n) is 4.84. The van der Waals surface area contributed by atoms with Crippen molar-refractivity contribution in [1.29, 1.82) is 0 Å². The fraction of sp³-hybridized carbons (Fsp3) is 0.161. The molecule has 0 fully saturated rings. The van der Waals surface area contributed by atoms with Gasteiger partial charge in [-0.2, -0.15) is 0 Å². The number of hydrogen-bond acceptors (Lipinski definition) is 5. The first-order valence-electron chi connectivity index (χ1n) is 12.2. The number of hydrogen-bond donors (Lipinski definition) is 0. The Morgan fingerprint density at radius 3 is 2.38 bits per heavy atom. The van der Waals surface area contributed by atoms with Gasteiger partial charge < -0.3 is 18.5 Å². The average Bonchev–Trinajstić information content (AvgIpc) is 3.52. The molecule has 1 aliphatic rings. The lowest BCUT2D eigenvalue weighted by atomic mass is 9.97. The predicted molar refractivity (Wildman–Crippen MR) is 140 cm³/mol. The standard InChI is InChI=1S/C31H25NO5/c1-19-15-25-26(16-20(19)2)37-30-27(29(25)33)28(32(31(30)34)17-24-9-6-14-35-24)22-10-12-23(13-11-22)36-18-21-7-4-3-5-8-21/h3-16,28H,17-18H2,1-2H3. The Morgan fingerprint density at radius 1 is 0.892 bits per heavy atom. The number of aryl methyl sites for hydroxylation is 2. The number of furan rings is 1. The molecule has 37 heavy (non-hydrogen) atoms. The van der Waals surface area contributed by atoms with E-state index in [1.54, 1.807) is 17.2 Å². The SMILES string of the molecule is Cc1cc2oc3c(c(=O)c2cc1C)C(c1ccc(OCc2ccccc2)cc1)N(Cc1ccco1)C3=O. The van der Waals surface area contributed by atoms with Crippen molar-refractivity contribution < 1.29 is 18.4 Å². The minimum absolute atomic E-state index is 0.0849. The van der Waals surface area contributed by atoms with Gasteiger partial charge in [-0.3, -0.25) is 9.59 Å². The maximum absolute atomic E-state index is 13.8. The molecule has 0 radical (unpaired) electrons. The molecule has 0 bridgehead atoms. The van der Waals surface area contributed by atoms with E-state index in [9.17, 15) is 9.59 Å². The summed E-state index contributed by atoms with van der Waals surface area (Å²) in [6.07, 6.45) is 1.57. The van der Waals surface area contributed by atoms with Crippen molar-refractivity contribution in [2.24, 2.45) is 0 Å². The molecule has 3 aromatic carbocycles. The molecule has 0 spiro atoms. The zero-order valence-corrected chi connectivity index (χ0v) is 20.6. The molecule has 1 unspecified atom stereocenters. The summed E-state index contributed by atoms with van der Waals surface area (Å²) in [4.78, 5) is 29.0.